The molecule has 0 atom stereocenters. The van der Waals surface area contributed by atoms with Crippen molar-refractivity contribution < 1.29 is 4.74 Å². The summed E-state index contributed by atoms with van der Waals surface area (Å²) in [7, 11) is 0. The summed E-state index contributed by atoms with van der Waals surface area (Å²) < 4.78 is 5.98. The molecular formula is C19H17NO. The Morgan fingerprint density at radius 1 is 0.667 bits per heavy atom. The van der Waals surface area contributed by atoms with Crippen LogP contribution in [0.3, 0.4) is 0 Å². The second-order valence-electron chi connectivity index (χ2n) is 4.86. The Morgan fingerprint density at radius 3 is 2.05 bits per heavy atom. The molecule has 0 saturated carbocycles. The Balaban J connectivity index is 1.88. The van der Waals surface area contributed by atoms with Gasteiger partial charge in [0.2, 0.25) is 0 Å². The molecule has 0 saturated heterocycles. The van der Waals surface area contributed by atoms with E-state index in [-0.39, 0.29) is 0 Å². The average molecular weight is 275 g/mol. The van der Waals surface area contributed by atoms with Gasteiger partial charge in [0.15, 0.2) is 0 Å². The van der Waals surface area contributed by atoms with Crippen LogP contribution in [0.1, 0.15) is 5.56 Å². The minimum Gasteiger partial charge on any atom is -0.488 e. The summed E-state index contributed by atoms with van der Waals surface area (Å²) in [5.41, 5.74) is 10.00. The molecule has 0 bridgehead atoms. The van der Waals surface area contributed by atoms with E-state index in [9.17, 15) is 0 Å². The van der Waals surface area contributed by atoms with E-state index in [4.69, 9.17) is 10.5 Å². The number of hydrogen-bond acceptors (Lipinski definition) is 2. The van der Waals surface area contributed by atoms with Gasteiger partial charge < -0.3 is 10.5 Å². The number of para-hydroxylation sites is 2. The van der Waals surface area contributed by atoms with E-state index in [0.717, 1.165) is 28.1 Å². The van der Waals surface area contributed by atoms with E-state index < -0.39 is 0 Å². The van der Waals surface area contributed by atoms with Gasteiger partial charge in [0, 0.05) is 16.8 Å². The van der Waals surface area contributed by atoms with E-state index in [0.29, 0.717) is 6.61 Å². The topological polar surface area (TPSA) is 35.2 Å². The molecule has 21 heavy (non-hydrogen) atoms. The Morgan fingerprint density at radius 2 is 1.29 bits per heavy atom. The van der Waals surface area contributed by atoms with Gasteiger partial charge >= 0.3 is 0 Å². The van der Waals surface area contributed by atoms with E-state index >= 15 is 0 Å². The second-order valence-corrected chi connectivity index (χ2v) is 4.86. The van der Waals surface area contributed by atoms with Gasteiger partial charge in [0.25, 0.3) is 0 Å². The lowest BCUT2D eigenvalue weighted by Gasteiger charge is -2.13. The fourth-order valence-electron chi connectivity index (χ4n) is 2.29. The highest BCUT2D eigenvalue weighted by molar-refractivity contribution is 5.80. The largest absolute Gasteiger partial charge is 0.488 e. The zero-order chi connectivity index (χ0) is 14.5. The third kappa shape index (κ3) is 3.06. The Hall–Kier alpha value is -2.74. The fourth-order valence-corrected chi connectivity index (χ4v) is 2.29. The van der Waals surface area contributed by atoms with Crippen molar-refractivity contribution in [1.82, 2.24) is 0 Å². The van der Waals surface area contributed by atoms with Gasteiger partial charge in [-0.2, -0.15) is 0 Å². The van der Waals surface area contributed by atoms with E-state index in [1.54, 1.807) is 0 Å². The molecule has 0 aliphatic carbocycles. The highest BCUT2D eigenvalue weighted by Crippen LogP contribution is 2.33. The number of nitrogen functional groups attached to an aromatic ring is 1. The van der Waals surface area contributed by atoms with Gasteiger partial charge in [0.05, 0.1) is 0 Å². The van der Waals surface area contributed by atoms with E-state index in [2.05, 4.69) is 12.1 Å². The SMILES string of the molecule is Nc1ccccc1-c1ccccc1OCc1ccccc1. The van der Waals surface area contributed by atoms with Crippen LogP contribution in [-0.4, -0.2) is 0 Å². The summed E-state index contributed by atoms with van der Waals surface area (Å²) in [6.07, 6.45) is 0. The van der Waals surface area contributed by atoms with Crippen LogP contribution >= 0.6 is 0 Å². The molecule has 3 rings (SSSR count). The summed E-state index contributed by atoms with van der Waals surface area (Å²) >= 11 is 0. The van der Waals surface area contributed by atoms with Crippen molar-refractivity contribution in [3.8, 4) is 16.9 Å². The van der Waals surface area contributed by atoms with Gasteiger partial charge in [-0.3, -0.25) is 0 Å². The number of nitrogens with two attached hydrogens (primary N) is 1. The lowest BCUT2D eigenvalue weighted by atomic mass is 10.0. The maximum absolute atomic E-state index is 6.07. The molecule has 0 unspecified atom stereocenters. The molecule has 0 fully saturated rings. The Bertz CT molecular complexity index is 722. The first kappa shape index (κ1) is 13.3. The summed E-state index contributed by atoms with van der Waals surface area (Å²) in [6.45, 7) is 0.546. The summed E-state index contributed by atoms with van der Waals surface area (Å²) in [6, 6.07) is 26.0. The van der Waals surface area contributed by atoms with Crippen LogP contribution in [0.25, 0.3) is 11.1 Å². The molecule has 104 valence electrons. The van der Waals surface area contributed by atoms with Crippen LogP contribution in [0.15, 0.2) is 78.9 Å². The van der Waals surface area contributed by atoms with Crippen molar-refractivity contribution in [2.75, 3.05) is 5.73 Å². The lowest BCUT2D eigenvalue weighted by molar-refractivity contribution is 0.307. The van der Waals surface area contributed by atoms with Gasteiger partial charge in [-0.25, -0.2) is 0 Å². The van der Waals surface area contributed by atoms with Crippen molar-refractivity contribution >= 4 is 5.69 Å². The van der Waals surface area contributed by atoms with Crippen molar-refractivity contribution in [3.63, 3.8) is 0 Å². The third-order valence-corrected chi connectivity index (χ3v) is 3.38. The van der Waals surface area contributed by atoms with Crippen LogP contribution in [0.5, 0.6) is 5.75 Å². The molecule has 0 radical (unpaired) electrons. The maximum Gasteiger partial charge on any atom is 0.127 e. The molecular weight excluding hydrogens is 258 g/mol. The molecule has 0 aromatic heterocycles. The molecule has 0 heterocycles. The molecule has 2 heteroatoms. The number of hydrogen-bond donors (Lipinski definition) is 1. The fraction of sp³-hybridized carbons (Fsp3) is 0.0526. The quantitative estimate of drug-likeness (QED) is 0.711. The first-order chi connectivity index (χ1) is 10.3. The molecule has 0 amide bonds. The normalized spacial score (nSPS) is 10.3. The van der Waals surface area contributed by atoms with E-state index in [1.807, 2.05) is 66.7 Å². The first-order valence-corrected chi connectivity index (χ1v) is 6.95. The summed E-state index contributed by atoms with van der Waals surface area (Å²) in [5, 5.41) is 0. The molecule has 0 aliphatic heterocycles. The number of anilines is 1. The van der Waals surface area contributed by atoms with Crippen LogP contribution in [0.2, 0.25) is 0 Å². The smallest absolute Gasteiger partial charge is 0.127 e. The zero-order valence-electron chi connectivity index (χ0n) is 11.7. The van der Waals surface area contributed by atoms with Crippen molar-refractivity contribution in [2.45, 2.75) is 6.61 Å². The van der Waals surface area contributed by atoms with Gasteiger partial charge in [-0.05, 0) is 17.7 Å². The molecule has 0 aliphatic rings. The van der Waals surface area contributed by atoms with Crippen molar-refractivity contribution in [1.29, 1.82) is 0 Å². The van der Waals surface area contributed by atoms with Crippen LogP contribution in [0, 0.1) is 0 Å². The van der Waals surface area contributed by atoms with Crippen LogP contribution in [0.4, 0.5) is 5.69 Å². The van der Waals surface area contributed by atoms with Gasteiger partial charge in [-0.1, -0.05) is 66.7 Å². The Kier molecular flexibility index (Phi) is 3.88. The molecule has 3 aromatic carbocycles. The molecule has 0 spiro atoms. The predicted octanol–water partition coefficient (Wildman–Crippen LogP) is 4.51. The predicted molar refractivity (Wildman–Crippen MR) is 87.1 cm³/mol. The van der Waals surface area contributed by atoms with Gasteiger partial charge in [0.1, 0.15) is 12.4 Å². The minimum atomic E-state index is 0.546. The number of ether oxygens (including phenoxy) is 1. The molecule has 2 nitrogen and oxygen atoms in total. The third-order valence-electron chi connectivity index (χ3n) is 3.38. The highest BCUT2D eigenvalue weighted by atomic mass is 16.5. The van der Waals surface area contributed by atoms with Gasteiger partial charge in [-0.15, -0.1) is 0 Å². The maximum atomic E-state index is 6.07. The lowest BCUT2D eigenvalue weighted by Crippen LogP contribution is -1.97. The Labute approximate surface area is 124 Å². The highest BCUT2D eigenvalue weighted by Gasteiger charge is 2.08. The zero-order valence-corrected chi connectivity index (χ0v) is 11.7. The summed E-state index contributed by atoms with van der Waals surface area (Å²) in [4.78, 5) is 0. The molecule has 3 aromatic rings. The van der Waals surface area contributed by atoms with Crippen molar-refractivity contribution in [3.05, 3.63) is 84.4 Å². The van der Waals surface area contributed by atoms with Crippen molar-refractivity contribution in [2.24, 2.45) is 0 Å². The molecule has 2 N–H and O–H groups in total. The number of benzene rings is 3. The first-order valence-electron chi connectivity index (χ1n) is 6.95. The standard InChI is InChI=1S/C19H17NO/c20-18-12-6-4-10-16(18)17-11-5-7-13-19(17)21-14-15-8-2-1-3-9-15/h1-13H,14,20H2. The van der Waals surface area contributed by atoms with E-state index in [1.165, 1.54) is 0 Å². The number of rotatable bonds is 4. The average Bonchev–Trinajstić information content (AvgIpc) is 2.55. The summed E-state index contributed by atoms with van der Waals surface area (Å²) in [5.74, 6) is 0.847. The minimum absolute atomic E-state index is 0.546. The second kappa shape index (κ2) is 6.14. The monoisotopic (exact) mass is 275 g/mol. The van der Waals surface area contributed by atoms with Crippen LogP contribution in [-0.2, 0) is 6.61 Å². The van der Waals surface area contributed by atoms with Crippen LogP contribution < -0.4 is 10.5 Å².